The van der Waals surface area contributed by atoms with Crippen molar-refractivity contribution in [3.05, 3.63) is 23.0 Å². The summed E-state index contributed by atoms with van der Waals surface area (Å²) in [4.78, 5) is 3.32. The molecule has 1 aliphatic rings. The van der Waals surface area contributed by atoms with Gasteiger partial charge in [-0.1, -0.05) is 19.9 Å². The van der Waals surface area contributed by atoms with Crippen molar-refractivity contribution in [1.29, 1.82) is 0 Å². The normalized spacial score (nSPS) is 22.4. The van der Waals surface area contributed by atoms with Gasteiger partial charge in [-0.2, -0.15) is 0 Å². The molecule has 1 saturated carbocycles. The standard InChI is InChI=1S/C15H20N2OS/c1-3-7-18-13-6-4-5-12-14(13)16-15(19)17(12)11-8-10(2)9-11/h4-6,10-11H,3,7-9H2,1-2H3,(H,16,19). The third-order valence-corrected chi connectivity index (χ3v) is 4.19. The molecule has 3 nitrogen and oxygen atoms in total. The molecule has 1 heterocycles. The van der Waals surface area contributed by atoms with E-state index in [4.69, 9.17) is 17.0 Å². The van der Waals surface area contributed by atoms with Crippen LogP contribution in [-0.2, 0) is 0 Å². The van der Waals surface area contributed by atoms with E-state index in [-0.39, 0.29) is 0 Å². The lowest BCUT2D eigenvalue weighted by Crippen LogP contribution is -2.24. The van der Waals surface area contributed by atoms with Crippen LogP contribution in [0.25, 0.3) is 11.0 Å². The minimum absolute atomic E-state index is 0.553. The average Bonchev–Trinajstić information content (AvgIpc) is 2.69. The highest BCUT2D eigenvalue weighted by atomic mass is 32.1. The lowest BCUT2D eigenvalue weighted by molar-refractivity contribution is 0.219. The molecule has 2 aromatic rings. The number of ether oxygens (including phenoxy) is 1. The number of benzene rings is 1. The van der Waals surface area contributed by atoms with E-state index in [9.17, 15) is 0 Å². The summed E-state index contributed by atoms with van der Waals surface area (Å²) >= 11 is 5.49. The van der Waals surface area contributed by atoms with E-state index in [0.717, 1.165) is 35.0 Å². The molecule has 0 bridgehead atoms. The van der Waals surface area contributed by atoms with Gasteiger partial charge in [0.05, 0.1) is 12.1 Å². The summed E-state index contributed by atoms with van der Waals surface area (Å²) in [7, 11) is 0. The van der Waals surface area contributed by atoms with E-state index in [2.05, 4.69) is 35.5 Å². The summed E-state index contributed by atoms with van der Waals surface area (Å²) in [6.45, 7) is 5.15. The fraction of sp³-hybridized carbons (Fsp3) is 0.533. The Bertz CT molecular complexity index is 637. The maximum absolute atomic E-state index is 5.80. The van der Waals surface area contributed by atoms with Crippen LogP contribution in [0.5, 0.6) is 5.75 Å². The van der Waals surface area contributed by atoms with Crippen molar-refractivity contribution < 1.29 is 4.74 Å². The lowest BCUT2D eigenvalue weighted by atomic mass is 9.81. The summed E-state index contributed by atoms with van der Waals surface area (Å²) in [6.07, 6.45) is 3.46. The second kappa shape index (κ2) is 5.00. The first-order valence-electron chi connectivity index (χ1n) is 7.06. The smallest absolute Gasteiger partial charge is 0.178 e. The van der Waals surface area contributed by atoms with E-state index in [1.807, 2.05) is 6.07 Å². The molecule has 0 unspecified atom stereocenters. The lowest BCUT2D eigenvalue weighted by Gasteiger charge is -2.34. The Hall–Kier alpha value is -1.29. The summed E-state index contributed by atoms with van der Waals surface area (Å²) in [5.41, 5.74) is 2.22. The van der Waals surface area contributed by atoms with Crippen LogP contribution in [0.2, 0.25) is 0 Å². The fourth-order valence-corrected chi connectivity index (χ4v) is 3.24. The second-order valence-electron chi connectivity index (χ2n) is 5.53. The number of imidazole rings is 1. The van der Waals surface area contributed by atoms with Crippen molar-refractivity contribution in [2.45, 2.75) is 39.2 Å². The van der Waals surface area contributed by atoms with Crippen LogP contribution in [-0.4, -0.2) is 16.2 Å². The number of para-hydroxylation sites is 1. The van der Waals surface area contributed by atoms with Crippen molar-refractivity contribution in [3.8, 4) is 5.75 Å². The maximum atomic E-state index is 5.80. The monoisotopic (exact) mass is 276 g/mol. The molecular weight excluding hydrogens is 256 g/mol. The van der Waals surface area contributed by atoms with Gasteiger partial charge in [-0.25, -0.2) is 0 Å². The SMILES string of the molecule is CCCOc1cccc2c1[nH]c(=S)n2C1CC(C)C1. The fourth-order valence-electron chi connectivity index (χ4n) is 2.89. The molecule has 0 aliphatic heterocycles. The first kappa shape index (κ1) is 12.7. The molecule has 0 spiro atoms. The van der Waals surface area contributed by atoms with Gasteiger partial charge in [0.15, 0.2) is 4.77 Å². The largest absolute Gasteiger partial charge is 0.491 e. The van der Waals surface area contributed by atoms with E-state index in [1.54, 1.807) is 0 Å². The van der Waals surface area contributed by atoms with Crippen molar-refractivity contribution in [2.75, 3.05) is 6.61 Å². The molecule has 0 amide bonds. The van der Waals surface area contributed by atoms with Crippen molar-refractivity contribution >= 4 is 23.3 Å². The summed E-state index contributed by atoms with van der Waals surface area (Å²) in [5.74, 6) is 1.73. The van der Waals surface area contributed by atoms with E-state index in [0.29, 0.717) is 6.04 Å². The second-order valence-corrected chi connectivity index (χ2v) is 5.92. The zero-order chi connectivity index (χ0) is 13.4. The van der Waals surface area contributed by atoms with Crippen molar-refractivity contribution in [2.24, 2.45) is 5.92 Å². The summed E-state index contributed by atoms with van der Waals surface area (Å²) in [5, 5.41) is 0. The molecule has 0 saturated heterocycles. The Morgan fingerprint density at radius 2 is 2.21 bits per heavy atom. The first-order valence-corrected chi connectivity index (χ1v) is 7.47. The Balaban J connectivity index is 2.04. The Kier molecular flexibility index (Phi) is 3.35. The molecule has 1 aliphatic carbocycles. The van der Waals surface area contributed by atoms with Crippen LogP contribution in [0.3, 0.4) is 0 Å². The van der Waals surface area contributed by atoms with E-state index >= 15 is 0 Å². The van der Waals surface area contributed by atoms with Gasteiger partial charge in [0, 0.05) is 6.04 Å². The van der Waals surface area contributed by atoms with Crippen LogP contribution in [0.4, 0.5) is 0 Å². The molecule has 0 radical (unpaired) electrons. The van der Waals surface area contributed by atoms with Gasteiger partial charge < -0.3 is 14.3 Å². The van der Waals surface area contributed by atoms with Crippen LogP contribution >= 0.6 is 12.2 Å². The van der Waals surface area contributed by atoms with Crippen molar-refractivity contribution in [3.63, 3.8) is 0 Å². The molecule has 1 N–H and O–H groups in total. The van der Waals surface area contributed by atoms with Crippen LogP contribution < -0.4 is 4.74 Å². The highest BCUT2D eigenvalue weighted by Crippen LogP contribution is 2.40. The van der Waals surface area contributed by atoms with Crippen LogP contribution in [0.1, 0.15) is 39.2 Å². The Morgan fingerprint density at radius 1 is 1.42 bits per heavy atom. The quantitative estimate of drug-likeness (QED) is 0.836. The first-order chi connectivity index (χ1) is 9.20. The zero-order valence-electron chi connectivity index (χ0n) is 11.5. The molecule has 0 atom stereocenters. The molecule has 3 rings (SSSR count). The minimum atomic E-state index is 0.553. The number of aromatic nitrogens is 2. The number of H-pyrrole nitrogens is 1. The Labute approximate surface area is 118 Å². The Morgan fingerprint density at radius 3 is 2.89 bits per heavy atom. The number of rotatable bonds is 4. The van der Waals surface area contributed by atoms with Gasteiger partial charge in [-0.15, -0.1) is 0 Å². The van der Waals surface area contributed by atoms with Gasteiger partial charge in [-0.3, -0.25) is 0 Å². The number of nitrogens with one attached hydrogen (secondary N) is 1. The topological polar surface area (TPSA) is 29.9 Å². The predicted octanol–water partition coefficient (Wildman–Crippen LogP) is 4.46. The van der Waals surface area contributed by atoms with Gasteiger partial charge in [-0.05, 0) is 49.5 Å². The van der Waals surface area contributed by atoms with Gasteiger partial charge in [0.25, 0.3) is 0 Å². The minimum Gasteiger partial charge on any atom is -0.491 e. The van der Waals surface area contributed by atoms with Crippen LogP contribution in [0.15, 0.2) is 18.2 Å². The molecule has 1 fully saturated rings. The number of hydrogen-bond donors (Lipinski definition) is 1. The zero-order valence-corrected chi connectivity index (χ0v) is 12.3. The molecule has 19 heavy (non-hydrogen) atoms. The molecule has 1 aromatic carbocycles. The number of fused-ring (bicyclic) bond motifs is 1. The van der Waals surface area contributed by atoms with E-state index in [1.165, 1.54) is 18.4 Å². The summed E-state index contributed by atoms with van der Waals surface area (Å²) in [6, 6.07) is 6.74. The van der Waals surface area contributed by atoms with E-state index < -0.39 is 0 Å². The third kappa shape index (κ3) is 2.18. The number of aromatic amines is 1. The third-order valence-electron chi connectivity index (χ3n) is 3.89. The molecule has 4 heteroatoms. The molecule has 1 aromatic heterocycles. The van der Waals surface area contributed by atoms with Gasteiger partial charge in [0.2, 0.25) is 0 Å². The van der Waals surface area contributed by atoms with Gasteiger partial charge in [0.1, 0.15) is 11.3 Å². The van der Waals surface area contributed by atoms with Crippen LogP contribution in [0, 0.1) is 10.7 Å². The van der Waals surface area contributed by atoms with Crippen molar-refractivity contribution in [1.82, 2.24) is 9.55 Å². The molecule has 102 valence electrons. The summed E-state index contributed by atoms with van der Waals surface area (Å²) < 4.78 is 8.88. The number of nitrogens with zero attached hydrogens (tertiary/aromatic N) is 1. The maximum Gasteiger partial charge on any atom is 0.178 e. The average molecular weight is 276 g/mol. The van der Waals surface area contributed by atoms with Gasteiger partial charge >= 0.3 is 0 Å². The highest BCUT2D eigenvalue weighted by Gasteiger charge is 2.28. The molecular formula is C15H20N2OS. The highest BCUT2D eigenvalue weighted by molar-refractivity contribution is 7.71. The number of hydrogen-bond acceptors (Lipinski definition) is 2. The predicted molar refractivity (Wildman–Crippen MR) is 80.3 cm³/mol.